The van der Waals surface area contributed by atoms with E-state index in [1.54, 1.807) is 55.1 Å². The van der Waals surface area contributed by atoms with Crippen LogP contribution in [0.4, 0.5) is 23.1 Å². The van der Waals surface area contributed by atoms with E-state index in [9.17, 15) is 14.9 Å². The molecule has 0 saturated carbocycles. The third-order valence-electron chi connectivity index (χ3n) is 7.30. The zero-order valence-electron chi connectivity index (χ0n) is 27.4. The minimum atomic E-state index is -0.507. The molecule has 2 aromatic carbocycles. The highest BCUT2D eigenvalue weighted by atomic mass is 79.9. The lowest BCUT2D eigenvalue weighted by Crippen LogP contribution is -3.00. The summed E-state index contributed by atoms with van der Waals surface area (Å²) in [6.45, 7) is 2.65. The molecule has 2 N–H and O–H groups in total. The number of fused-ring (bicyclic) bond motifs is 1. The highest BCUT2D eigenvalue weighted by molar-refractivity contribution is 6.32. The number of pyridine rings is 1. The number of nitrogens with zero attached hydrogens (tertiary/aromatic N) is 7. The first-order valence-electron chi connectivity index (χ1n) is 14.9. The van der Waals surface area contributed by atoms with Gasteiger partial charge in [-0.3, -0.25) is 9.36 Å². The van der Waals surface area contributed by atoms with Crippen LogP contribution in [0.25, 0.3) is 10.9 Å². The fourth-order valence-corrected chi connectivity index (χ4v) is 5.34. The van der Waals surface area contributed by atoms with Crippen LogP contribution in [0, 0.1) is 22.0 Å². The largest absolute Gasteiger partial charge is 1.00 e. The zero-order chi connectivity index (χ0) is 35.1. The maximum absolute atomic E-state index is 12.8. The molecule has 258 valence electrons. The number of imidazole rings is 1. The van der Waals surface area contributed by atoms with Crippen LogP contribution in [0.15, 0.2) is 73.2 Å². The summed E-state index contributed by atoms with van der Waals surface area (Å²) in [5.74, 6) is 6.51. The van der Waals surface area contributed by atoms with Crippen molar-refractivity contribution in [2.45, 2.75) is 20.1 Å². The third-order valence-corrected chi connectivity index (χ3v) is 7.83. The molecule has 0 bridgehead atoms. The van der Waals surface area contributed by atoms with E-state index in [0.717, 1.165) is 5.56 Å². The Bertz CT molecular complexity index is 2140. The molecule has 50 heavy (non-hydrogen) atoms. The van der Waals surface area contributed by atoms with E-state index in [2.05, 4.69) is 42.4 Å². The molecule has 13 nitrogen and oxygen atoms in total. The average Bonchev–Trinajstić information content (AvgIpc) is 3.35. The number of ether oxygens (including phenoxy) is 1. The number of nitro groups is 1. The van der Waals surface area contributed by atoms with Gasteiger partial charge in [0.15, 0.2) is 5.69 Å². The maximum Gasteiger partial charge on any atom is 0.392 e. The van der Waals surface area contributed by atoms with Gasteiger partial charge in [-0.05, 0) is 70.8 Å². The first-order chi connectivity index (χ1) is 23.4. The van der Waals surface area contributed by atoms with Crippen LogP contribution in [-0.4, -0.2) is 60.5 Å². The second-order valence-electron chi connectivity index (χ2n) is 11.6. The maximum atomic E-state index is 12.8. The van der Waals surface area contributed by atoms with Gasteiger partial charge in [0.25, 0.3) is 5.82 Å². The molecule has 0 unspecified atom stereocenters. The van der Waals surface area contributed by atoms with Crippen molar-refractivity contribution in [1.29, 1.82) is 0 Å². The minimum Gasteiger partial charge on any atom is -1.00 e. The topological polar surface area (TPSA) is 150 Å². The van der Waals surface area contributed by atoms with E-state index in [-0.39, 0.29) is 22.8 Å². The highest BCUT2D eigenvalue weighted by Crippen LogP contribution is 2.31. The van der Waals surface area contributed by atoms with Gasteiger partial charge in [0.1, 0.15) is 36.9 Å². The van der Waals surface area contributed by atoms with Crippen LogP contribution in [-0.2, 0) is 25.0 Å². The zero-order valence-corrected chi connectivity index (χ0v) is 30.5. The van der Waals surface area contributed by atoms with E-state index < -0.39 is 10.8 Å². The molecule has 5 rings (SSSR count). The Kier molecular flexibility index (Phi) is 12.5. The Balaban J connectivity index is 0.00000562. The van der Waals surface area contributed by atoms with Crippen LogP contribution in [0.1, 0.15) is 24.0 Å². The number of amides is 1. The average molecular weight is 781 g/mol. The lowest BCUT2D eigenvalue weighted by atomic mass is 10.2. The number of carbonyl (C=O) groups excluding carboxylic acids is 1. The summed E-state index contributed by atoms with van der Waals surface area (Å²) in [5, 5.41) is 19.3. The summed E-state index contributed by atoms with van der Waals surface area (Å²) in [5.41, 5.74) is 2.59. The fourth-order valence-electron chi connectivity index (χ4n) is 4.89. The van der Waals surface area contributed by atoms with Crippen molar-refractivity contribution in [2.24, 2.45) is 7.05 Å². The molecule has 0 aliphatic rings. The molecule has 0 fully saturated rings. The monoisotopic (exact) mass is 779 g/mol. The van der Waals surface area contributed by atoms with Crippen LogP contribution in [0.3, 0.4) is 0 Å². The molecule has 0 saturated heterocycles. The van der Waals surface area contributed by atoms with Crippen molar-refractivity contribution in [1.82, 2.24) is 24.5 Å². The predicted molar refractivity (Wildman–Crippen MR) is 189 cm³/mol. The number of hydrogen-bond acceptors (Lipinski definition) is 9. The van der Waals surface area contributed by atoms with E-state index >= 15 is 0 Å². The number of hydrogen-bond donors (Lipinski definition) is 2. The van der Waals surface area contributed by atoms with E-state index in [1.165, 1.54) is 12.4 Å². The third kappa shape index (κ3) is 9.54. The Morgan fingerprint density at radius 2 is 1.94 bits per heavy atom. The van der Waals surface area contributed by atoms with Crippen molar-refractivity contribution in [2.75, 3.05) is 31.3 Å². The Morgan fingerprint density at radius 1 is 1.14 bits per heavy atom. The number of rotatable bonds is 12. The first-order valence-corrected chi connectivity index (χ1v) is 15.6. The van der Waals surface area contributed by atoms with Gasteiger partial charge in [0, 0.05) is 29.2 Å². The fraction of sp³-hybridized carbons (Fsp3) is 0.206. The lowest BCUT2D eigenvalue weighted by molar-refractivity contribution is -0.898. The van der Waals surface area contributed by atoms with Crippen LogP contribution < -0.4 is 32.4 Å². The van der Waals surface area contributed by atoms with E-state index in [0.29, 0.717) is 79.7 Å². The molecule has 0 radical (unpaired) electrons. The van der Waals surface area contributed by atoms with E-state index in [4.69, 9.17) is 27.9 Å². The summed E-state index contributed by atoms with van der Waals surface area (Å²) >= 11 is 12.6. The highest BCUT2D eigenvalue weighted by Gasteiger charge is 2.30. The molecule has 0 aliphatic heterocycles. The van der Waals surface area contributed by atoms with Crippen LogP contribution in [0.2, 0.25) is 10.0 Å². The normalized spacial score (nSPS) is 11.1. The molecule has 1 amide bonds. The smallest absolute Gasteiger partial charge is 0.392 e. The number of benzene rings is 2. The molecular weight excluding hydrogens is 749 g/mol. The van der Waals surface area contributed by atoms with Gasteiger partial charge in [-0.15, -0.1) is 0 Å². The molecule has 3 aromatic heterocycles. The van der Waals surface area contributed by atoms with Crippen molar-refractivity contribution in [3.05, 3.63) is 110 Å². The lowest BCUT2D eigenvalue weighted by Gasteiger charge is -2.28. The summed E-state index contributed by atoms with van der Waals surface area (Å²) in [4.78, 5) is 41.0. The second-order valence-corrected chi connectivity index (χ2v) is 12.4. The summed E-state index contributed by atoms with van der Waals surface area (Å²) < 4.78 is 7.83. The molecule has 16 heteroatoms. The van der Waals surface area contributed by atoms with Crippen molar-refractivity contribution >= 4 is 63.2 Å². The molecule has 5 aromatic rings. The number of likely N-dealkylation sites (N-methyl/N-ethyl adjacent to an activating group) is 1. The number of quaternary nitrogens is 1. The quantitative estimate of drug-likeness (QED) is 0.0639. The minimum absolute atomic E-state index is 0. The summed E-state index contributed by atoms with van der Waals surface area (Å²) in [6, 6.07) is 14.4. The summed E-state index contributed by atoms with van der Waals surface area (Å²) in [7, 11) is 5.50. The van der Waals surface area contributed by atoms with Crippen LogP contribution in [0.5, 0.6) is 5.75 Å². The number of halogens is 3. The van der Waals surface area contributed by atoms with Gasteiger partial charge in [0.05, 0.1) is 37.4 Å². The molecule has 0 atom stereocenters. The second kappa shape index (κ2) is 16.6. The first kappa shape index (κ1) is 37.7. The number of anilines is 3. The van der Waals surface area contributed by atoms with Gasteiger partial charge in [0.2, 0.25) is 5.91 Å². The standard InChI is InChI=1S/C34H31Cl2N9O4.BrH/c1-5-8-31-42-34(44(47)48)28(43(31)2)19-45(3,4)14-7-11-32(46)41-30-17-25-27(18-37-30)38-21-39-33(25)40-24-12-13-29(26(36)16-24)49-20-22-9-6-10-23(35)15-22;/h6-7,9-13,15-18,21H,14,19-20H2,1-4H3,(H-,37,38,39,40,41,46);1H/b11-7+;. The Labute approximate surface area is 308 Å². The number of carbonyl (C=O) groups is 1. The van der Waals surface area contributed by atoms with Crippen molar-refractivity contribution in [3.8, 4) is 17.6 Å². The van der Waals surface area contributed by atoms with Crippen molar-refractivity contribution in [3.63, 3.8) is 0 Å². The Hall–Kier alpha value is -5.07. The molecule has 0 spiro atoms. The molecule has 0 aliphatic carbocycles. The van der Waals surface area contributed by atoms with Crippen molar-refractivity contribution < 1.29 is 35.9 Å². The van der Waals surface area contributed by atoms with Crippen LogP contribution >= 0.6 is 23.2 Å². The van der Waals surface area contributed by atoms with Gasteiger partial charge < -0.3 is 46.9 Å². The molecule has 3 heterocycles. The predicted octanol–water partition coefficient (Wildman–Crippen LogP) is 3.44. The summed E-state index contributed by atoms with van der Waals surface area (Å²) in [6.07, 6.45) is 6.05. The van der Waals surface area contributed by atoms with Gasteiger partial charge in [-0.1, -0.05) is 41.3 Å². The number of aromatic nitrogens is 5. The Morgan fingerprint density at radius 3 is 2.66 bits per heavy atom. The van der Waals surface area contributed by atoms with Gasteiger partial charge in [-0.2, -0.15) is 0 Å². The van der Waals surface area contributed by atoms with E-state index in [1.807, 2.05) is 38.4 Å². The molecular formula is C34H32BrCl2N9O4. The van der Waals surface area contributed by atoms with Gasteiger partial charge in [-0.25, -0.2) is 15.0 Å². The SMILES string of the molecule is CC#Cc1nc([N+](=O)[O-])c(C[N+](C)(C)C/C=C/C(=O)Nc2cc3c(Nc4ccc(OCc5cccc(Cl)c5)c(Cl)c4)ncnc3cn2)n1C.[Br-]. The number of nitrogens with one attached hydrogen (secondary N) is 2. The van der Waals surface area contributed by atoms with Gasteiger partial charge >= 0.3 is 5.82 Å².